The molecular weight excluding hydrogens is 452 g/mol. The summed E-state index contributed by atoms with van der Waals surface area (Å²) in [5, 5.41) is 7.71. The van der Waals surface area contributed by atoms with Gasteiger partial charge in [-0.25, -0.2) is 9.97 Å². The number of nitrogens with zero attached hydrogens (tertiary/aromatic N) is 5. The van der Waals surface area contributed by atoms with Crippen LogP contribution in [0.25, 0.3) is 10.9 Å². The van der Waals surface area contributed by atoms with Gasteiger partial charge >= 0.3 is 0 Å². The molecular formula is C24H26N6O5. The highest BCUT2D eigenvalue weighted by Crippen LogP contribution is 2.36. The second-order valence-corrected chi connectivity index (χ2v) is 7.58. The van der Waals surface area contributed by atoms with Gasteiger partial charge in [-0.05, 0) is 19.9 Å². The highest BCUT2D eigenvalue weighted by atomic mass is 16.5. The molecule has 3 aromatic heterocycles. The van der Waals surface area contributed by atoms with Gasteiger partial charge in [0, 0.05) is 25.4 Å². The first-order chi connectivity index (χ1) is 16.9. The van der Waals surface area contributed by atoms with Crippen LogP contribution in [0.1, 0.15) is 18.3 Å². The van der Waals surface area contributed by atoms with Crippen LogP contribution in [0.2, 0.25) is 0 Å². The summed E-state index contributed by atoms with van der Waals surface area (Å²) in [4.78, 5) is 25.5. The maximum Gasteiger partial charge on any atom is 0.230 e. The van der Waals surface area contributed by atoms with Crippen molar-refractivity contribution >= 4 is 22.5 Å². The number of carbonyl (C=O) groups is 1. The van der Waals surface area contributed by atoms with Crippen molar-refractivity contribution in [3.05, 3.63) is 48.3 Å². The van der Waals surface area contributed by atoms with Crippen molar-refractivity contribution in [1.82, 2.24) is 24.7 Å². The Bertz CT molecular complexity index is 1370. The van der Waals surface area contributed by atoms with Gasteiger partial charge < -0.3 is 24.3 Å². The average molecular weight is 479 g/mol. The maximum atomic E-state index is 12.6. The van der Waals surface area contributed by atoms with Gasteiger partial charge in [-0.15, -0.1) is 0 Å². The van der Waals surface area contributed by atoms with E-state index in [-0.39, 0.29) is 12.3 Å². The number of carbonyl (C=O) groups excluding carboxylic acids is 1. The average Bonchev–Trinajstić information content (AvgIpc) is 3.16. The quantitative estimate of drug-likeness (QED) is 0.385. The van der Waals surface area contributed by atoms with E-state index in [0.717, 1.165) is 5.69 Å². The number of ether oxygens (including phenoxy) is 4. The molecule has 0 bridgehead atoms. The third kappa shape index (κ3) is 5.24. The monoisotopic (exact) mass is 478 g/mol. The first-order valence-electron chi connectivity index (χ1n) is 10.9. The molecule has 0 fully saturated rings. The molecule has 1 aromatic carbocycles. The number of pyridine rings is 1. The Morgan fingerprint density at radius 3 is 2.54 bits per heavy atom. The van der Waals surface area contributed by atoms with Gasteiger partial charge in [-0.1, -0.05) is 0 Å². The van der Waals surface area contributed by atoms with E-state index in [2.05, 4.69) is 25.4 Å². The largest absolute Gasteiger partial charge is 0.495 e. The van der Waals surface area contributed by atoms with Crippen molar-refractivity contribution in [3.63, 3.8) is 0 Å². The molecule has 35 heavy (non-hydrogen) atoms. The number of hydrogen-bond donors (Lipinski definition) is 1. The van der Waals surface area contributed by atoms with Crippen LogP contribution in [0, 0.1) is 6.92 Å². The molecule has 0 spiro atoms. The third-order valence-electron chi connectivity index (χ3n) is 5.14. The second kappa shape index (κ2) is 10.2. The summed E-state index contributed by atoms with van der Waals surface area (Å²) in [6.45, 7) is 4.19. The van der Waals surface area contributed by atoms with Crippen LogP contribution in [0.15, 0.2) is 36.9 Å². The van der Waals surface area contributed by atoms with Crippen molar-refractivity contribution < 1.29 is 23.7 Å². The van der Waals surface area contributed by atoms with E-state index in [0.29, 0.717) is 57.8 Å². The lowest BCUT2D eigenvalue weighted by Gasteiger charge is -2.13. The molecule has 0 unspecified atom stereocenters. The summed E-state index contributed by atoms with van der Waals surface area (Å²) < 4.78 is 24.2. The van der Waals surface area contributed by atoms with Crippen molar-refractivity contribution in [2.24, 2.45) is 7.05 Å². The van der Waals surface area contributed by atoms with Gasteiger partial charge in [-0.2, -0.15) is 5.10 Å². The number of hydrogen-bond acceptors (Lipinski definition) is 9. The van der Waals surface area contributed by atoms with Crippen LogP contribution in [0.4, 0.5) is 5.69 Å². The molecule has 4 rings (SSSR count). The number of amides is 1. The molecule has 11 heteroatoms. The lowest BCUT2D eigenvalue weighted by molar-refractivity contribution is -0.115. The van der Waals surface area contributed by atoms with Crippen molar-refractivity contribution in [3.8, 4) is 28.9 Å². The van der Waals surface area contributed by atoms with Gasteiger partial charge in [0.15, 0.2) is 17.2 Å². The minimum atomic E-state index is -0.236. The topological polar surface area (TPSA) is 123 Å². The van der Waals surface area contributed by atoms with Crippen LogP contribution >= 0.6 is 0 Å². The Morgan fingerprint density at radius 1 is 1.06 bits per heavy atom. The van der Waals surface area contributed by atoms with Gasteiger partial charge in [0.2, 0.25) is 11.8 Å². The molecule has 0 aliphatic rings. The van der Waals surface area contributed by atoms with Crippen LogP contribution in [0.3, 0.4) is 0 Å². The predicted octanol–water partition coefficient (Wildman–Crippen LogP) is 3.46. The minimum Gasteiger partial charge on any atom is -0.495 e. The highest BCUT2D eigenvalue weighted by Gasteiger charge is 2.16. The Balaban J connectivity index is 1.57. The summed E-state index contributed by atoms with van der Waals surface area (Å²) in [6, 6.07) is 5.20. The van der Waals surface area contributed by atoms with Crippen LogP contribution in [-0.2, 0) is 18.3 Å². The van der Waals surface area contributed by atoms with E-state index >= 15 is 0 Å². The zero-order valence-corrected chi connectivity index (χ0v) is 20.2. The Hall–Kier alpha value is -4.41. The molecule has 0 saturated heterocycles. The fourth-order valence-corrected chi connectivity index (χ4v) is 3.55. The number of nitrogens with one attached hydrogen (secondary N) is 1. The molecule has 3 heterocycles. The zero-order valence-electron chi connectivity index (χ0n) is 20.2. The number of aryl methyl sites for hydroxylation is 2. The molecule has 1 N–H and O–H groups in total. The molecule has 0 saturated carbocycles. The van der Waals surface area contributed by atoms with E-state index in [1.807, 2.05) is 13.8 Å². The van der Waals surface area contributed by atoms with Gasteiger partial charge in [-0.3, -0.25) is 14.5 Å². The van der Waals surface area contributed by atoms with Crippen molar-refractivity contribution in [2.45, 2.75) is 20.3 Å². The highest BCUT2D eigenvalue weighted by molar-refractivity contribution is 5.92. The molecule has 1 amide bonds. The summed E-state index contributed by atoms with van der Waals surface area (Å²) >= 11 is 0. The number of fused-ring (bicyclic) bond motifs is 1. The number of benzene rings is 1. The third-order valence-corrected chi connectivity index (χ3v) is 5.14. The van der Waals surface area contributed by atoms with Crippen molar-refractivity contribution in [1.29, 1.82) is 0 Å². The lowest BCUT2D eigenvalue weighted by atomic mass is 10.2. The normalized spacial score (nSPS) is 10.8. The maximum absolute atomic E-state index is 12.6. The van der Waals surface area contributed by atoms with Crippen LogP contribution < -0.4 is 24.3 Å². The smallest absolute Gasteiger partial charge is 0.230 e. The van der Waals surface area contributed by atoms with E-state index in [4.69, 9.17) is 18.9 Å². The van der Waals surface area contributed by atoms with E-state index in [1.165, 1.54) is 19.6 Å². The zero-order chi connectivity index (χ0) is 24.9. The van der Waals surface area contributed by atoms with Gasteiger partial charge in [0.05, 0.1) is 61.4 Å². The predicted molar refractivity (Wildman–Crippen MR) is 128 cm³/mol. The Labute approximate surface area is 202 Å². The number of anilines is 1. The second-order valence-electron chi connectivity index (χ2n) is 7.58. The number of aromatic nitrogens is 5. The molecule has 4 aromatic rings. The van der Waals surface area contributed by atoms with Crippen LogP contribution in [0.5, 0.6) is 28.9 Å². The SMILES string of the molecule is CCOc1cc2c(Oc3cnc(CC(=O)Nc4cn(C)nc4C)c(OC)c3)ncnc2cc1OC. The summed E-state index contributed by atoms with van der Waals surface area (Å²) in [7, 11) is 4.87. The molecule has 182 valence electrons. The molecule has 0 aliphatic carbocycles. The molecule has 0 radical (unpaired) electrons. The lowest BCUT2D eigenvalue weighted by Crippen LogP contribution is -2.16. The summed E-state index contributed by atoms with van der Waals surface area (Å²) in [5.74, 6) is 2.01. The molecule has 0 atom stereocenters. The fourth-order valence-electron chi connectivity index (χ4n) is 3.55. The minimum absolute atomic E-state index is 0.0196. The van der Waals surface area contributed by atoms with Crippen molar-refractivity contribution in [2.75, 3.05) is 26.1 Å². The van der Waals surface area contributed by atoms with Crippen LogP contribution in [-0.4, -0.2) is 51.5 Å². The first-order valence-corrected chi connectivity index (χ1v) is 10.9. The first kappa shape index (κ1) is 23.7. The Morgan fingerprint density at radius 2 is 1.86 bits per heavy atom. The van der Waals surface area contributed by atoms with Gasteiger partial charge in [0.25, 0.3) is 0 Å². The number of methoxy groups -OCH3 is 2. The van der Waals surface area contributed by atoms with E-state index in [1.54, 1.807) is 43.2 Å². The fraction of sp³-hybridized carbons (Fsp3) is 0.292. The Kier molecular flexibility index (Phi) is 6.95. The summed E-state index contributed by atoms with van der Waals surface area (Å²) in [5.41, 5.74) is 2.48. The summed E-state index contributed by atoms with van der Waals surface area (Å²) in [6.07, 6.45) is 4.68. The standard InChI is InChI=1S/C24H26N6O5/c1-6-34-22-8-16-17(9-21(22)33-5)26-13-27-24(16)35-15-7-20(32-4)18(25-11-15)10-23(31)28-19-12-30(3)29-14(19)2/h7-9,11-13H,6,10H2,1-5H3,(H,28,31). The molecule has 11 nitrogen and oxygen atoms in total. The molecule has 0 aliphatic heterocycles. The number of rotatable bonds is 9. The van der Waals surface area contributed by atoms with E-state index < -0.39 is 0 Å². The van der Waals surface area contributed by atoms with E-state index in [9.17, 15) is 4.79 Å². The van der Waals surface area contributed by atoms with Gasteiger partial charge in [0.1, 0.15) is 12.1 Å².